The molecule has 0 saturated carbocycles. The van der Waals surface area contributed by atoms with Crippen LogP contribution in [0.2, 0.25) is 0 Å². The lowest BCUT2D eigenvalue weighted by atomic mass is 10.2. The molecule has 0 aliphatic heterocycles. The Bertz CT molecular complexity index is 469. The van der Waals surface area contributed by atoms with Crippen molar-refractivity contribution in [3.05, 3.63) is 40.6 Å². The summed E-state index contributed by atoms with van der Waals surface area (Å²) in [6.07, 6.45) is 2.79. The van der Waals surface area contributed by atoms with Crippen LogP contribution in [0.5, 0.6) is 0 Å². The van der Waals surface area contributed by atoms with Crippen molar-refractivity contribution in [1.82, 2.24) is 14.8 Å². The van der Waals surface area contributed by atoms with Gasteiger partial charge in [-0.3, -0.25) is 0 Å². The number of hydrogen-bond acceptors (Lipinski definition) is 3. The molecule has 0 radical (unpaired) electrons. The lowest BCUT2D eigenvalue weighted by Crippen LogP contribution is -2.04. The number of benzene rings is 1. The first kappa shape index (κ1) is 10.3. The van der Waals surface area contributed by atoms with Crippen LogP contribution in [0.1, 0.15) is 5.56 Å². The predicted molar refractivity (Wildman–Crippen MR) is 56.9 cm³/mol. The number of nitrogens with two attached hydrogens (primary N) is 1. The van der Waals surface area contributed by atoms with Crippen LogP contribution in [0.25, 0.3) is 5.69 Å². The van der Waals surface area contributed by atoms with Crippen LogP contribution in [0.15, 0.2) is 29.3 Å². The fourth-order valence-electron chi connectivity index (χ4n) is 1.25. The van der Waals surface area contributed by atoms with Crippen molar-refractivity contribution in [3.8, 4) is 5.69 Å². The third kappa shape index (κ3) is 1.78. The largest absolute Gasteiger partial charge is 0.326 e. The van der Waals surface area contributed by atoms with E-state index in [0.29, 0.717) is 10.2 Å². The Kier molecular flexibility index (Phi) is 2.79. The number of halogens is 2. The fourth-order valence-corrected chi connectivity index (χ4v) is 1.74. The first-order valence-electron chi connectivity index (χ1n) is 4.26. The second kappa shape index (κ2) is 4.08. The summed E-state index contributed by atoms with van der Waals surface area (Å²) >= 11 is 3.16. The molecule has 15 heavy (non-hydrogen) atoms. The lowest BCUT2D eigenvalue weighted by Gasteiger charge is -2.07. The molecule has 0 atom stereocenters. The molecule has 0 bridgehead atoms. The van der Waals surface area contributed by atoms with Crippen molar-refractivity contribution in [3.63, 3.8) is 0 Å². The lowest BCUT2D eigenvalue weighted by molar-refractivity contribution is 0.601. The van der Waals surface area contributed by atoms with Crippen LogP contribution in [0, 0.1) is 5.82 Å². The molecular formula is C9H8BrFN4. The average molecular weight is 271 g/mol. The minimum Gasteiger partial charge on any atom is -0.326 e. The van der Waals surface area contributed by atoms with E-state index in [1.165, 1.54) is 17.3 Å². The van der Waals surface area contributed by atoms with Gasteiger partial charge in [-0.2, -0.15) is 5.10 Å². The Hall–Kier alpha value is -1.27. The summed E-state index contributed by atoms with van der Waals surface area (Å²) in [6.45, 7) is 0.287. The van der Waals surface area contributed by atoms with Gasteiger partial charge in [0.05, 0.1) is 4.47 Å². The highest BCUT2D eigenvalue weighted by Crippen LogP contribution is 2.25. The summed E-state index contributed by atoms with van der Waals surface area (Å²) in [5.41, 5.74) is 6.52. The molecule has 0 unspecified atom stereocenters. The standard InChI is InChI=1S/C9H8BrFN4/c10-8-6(3-12)1-2-7(9(8)11)15-5-13-4-14-15/h1-2,4-5H,3,12H2. The first-order valence-corrected chi connectivity index (χ1v) is 5.05. The Morgan fingerprint density at radius 2 is 2.27 bits per heavy atom. The minimum atomic E-state index is -0.386. The van der Waals surface area contributed by atoms with Gasteiger partial charge in [0.25, 0.3) is 0 Å². The van der Waals surface area contributed by atoms with Crippen molar-refractivity contribution in [2.24, 2.45) is 5.73 Å². The van der Waals surface area contributed by atoms with E-state index in [-0.39, 0.29) is 12.4 Å². The van der Waals surface area contributed by atoms with Crippen molar-refractivity contribution in [2.45, 2.75) is 6.54 Å². The van der Waals surface area contributed by atoms with E-state index < -0.39 is 0 Å². The Morgan fingerprint density at radius 3 is 2.87 bits per heavy atom. The zero-order valence-corrected chi connectivity index (χ0v) is 9.28. The number of hydrogen-bond donors (Lipinski definition) is 1. The normalized spacial score (nSPS) is 10.6. The summed E-state index contributed by atoms with van der Waals surface area (Å²) < 4.78 is 15.6. The zero-order chi connectivity index (χ0) is 10.8. The summed E-state index contributed by atoms with van der Waals surface area (Å²) in [5.74, 6) is -0.386. The minimum absolute atomic E-state index is 0.287. The highest BCUT2D eigenvalue weighted by molar-refractivity contribution is 9.10. The maximum atomic E-state index is 13.8. The van der Waals surface area contributed by atoms with Gasteiger partial charge in [0.2, 0.25) is 0 Å². The van der Waals surface area contributed by atoms with Crippen LogP contribution >= 0.6 is 15.9 Å². The third-order valence-corrected chi connectivity index (χ3v) is 2.88. The predicted octanol–water partition coefficient (Wildman–Crippen LogP) is 1.63. The quantitative estimate of drug-likeness (QED) is 0.903. The summed E-state index contributed by atoms with van der Waals surface area (Å²) in [5, 5.41) is 3.86. The SMILES string of the molecule is NCc1ccc(-n2cncn2)c(F)c1Br. The zero-order valence-electron chi connectivity index (χ0n) is 7.69. The molecule has 0 amide bonds. The van der Waals surface area contributed by atoms with Gasteiger partial charge in [-0.25, -0.2) is 14.1 Å². The second-order valence-corrected chi connectivity index (χ2v) is 3.71. The van der Waals surface area contributed by atoms with Gasteiger partial charge >= 0.3 is 0 Å². The topological polar surface area (TPSA) is 56.7 Å². The van der Waals surface area contributed by atoms with Crippen LogP contribution in [-0.4, -0.2) is 14.8 Å². The second-order valence-electron chi connectivity index (χ2n) is 2.92. The monoisotopic (exact) mass is 270 g/mol. The molecule has 2 rings (SSSR count). The van der Waals surface area contributed by atoms with E-state index >= 15 is 0 Å². The van der Waals surface area contributed by atoms with E-state index in [0.717, 1.165) is 5.56 Å². The van der Waals surface area contributed by atoms with Crippen LogP contribution in [-0.2, 0) is 6.54 Å². The smallest absolute Gasteiger partial charge is 0.163 e. The van der Waals surface area contributed by atoms with Gasteiger partial charge in [0.1, 0.15) is 18.3 Å². The number of aromatic nitrogens is 3. The van der Waals surface area contributed by atoms with Gasteiger partial charge in [-0.15, -0.1) is 0 Å². The maximum Gasteiger partial charge on any atom is 0.163 e. The molecular weight excluding hydrogens is 263 g/mol. The van der Waals surface area contributed by atoms with Crippen LogP contribution < -0.4 is 5.73 Å². The van der Waals surface area contributed by atoms with Gasteiger partial charge in [0, 0.05) is 6.54 Å². The number of nitrogens with zero attached hydrogens (tertiary/aromatic N) is 3. The molecule has 1 heterocycles. The Labute approximate surface area is 94.1 Å². The number of rotatable bonds is 2. The van der Waals surface area contributed by atoms with Crippen LogP contribution in [0.3, 0.4) is 0 Å². The molecule has 1 aromatic carbocycles. The van der Waals surface area contributed by atoms with E-state index in [1.54, 1.807) is 12.1 Å². The fraction of sp³-hybridized carbons (Fsp3) is 0.111. The average Bonchev–Trinajstić information content (AvgIpc) is 2.75. The van der Waals surface area contributed by atoms with Crippen molar-refractivity contribution in [2.75, 3.05) is 0 Å². The molecule has 0 fully saturated rings. The van der Waals surface area contributed by atoms with Crippen molar-refractivity contribution < 1.29 is 4.39 Å². The van der Waals surface area contributed by atoms with Crippen LogP contribution in [0.4, 0.5) is 4.39 Å². The Balaban J connectivity index is 2.56. The molecule has 0 saturated heterocycles. The van der Waals surface area contributed by atoms with Crippen molar-refractivity contribution in [1.29, 1.82) is 0 Å². The molecule has 0 aliphatic rings. The molecule has 1 aromatic heterocycles. The van der Waals surface area contributed by atoms with Gasteiger partial charge in [-0.05, 0) is 27.6 Å². The summed E-state index contributed by atoms with van der Waals surface area (Å²) in [7, 11) is 0. The highest BCUT2D eigenvalue weighted by atomic mass is 79.9. The van der Waals surface area contributed by atoms with Gasteiger partial charge < -0.3 is 5.73 Å². The molecule has 2 N–H and O–H groups in total. The molecule has 6 heteroatoms. The molecule has 4 nitrogen and oxygen atoms in total. The van der Waals surface area contributed by atoms with E-state index in [9.17, 15) is 4.39 Å². The highest BCUT2D eigenvalue weighted by Gasteiger charge is 2.11. The van der Waals surface area contributed by atoms with Crippen molar-refractivity contribution >= 4 is 15.9 Å². The molecule has 0 aliphatic carbocycles. The maximum absolute atomic E-state index is 13.8. The summed E-state index contributed by atoms with van der Waals surface area (Å²) in [4.78, 5) is 3.76. The molecule has 2 aromatic rings. The van der Waals surface area contributed by atoms with E-state index in [4.69, 9.17) is 5.73 Å². The molecule has 0 spiro atoms. The first-order chi connectivity index (χ1) is 7.24. The third-order valence-electron chi connectivity index (χ3n) is 2.03. The van der Waals surface area contributed by atoms with E-state index in [1.807, 2.05) is 0 Å². The van der Waals surface area contributed by atoms with Gasteiger partial charge in [0.15, 0.2) is 5.82 Å². The van der Waals surface area contributed by atoms with Gasteiger partial charge in [-0.1, -0.05) is 6.07 Å². The molecule has 78 valence electrons. The summed E-state index contributed by atoms with van der Waals surface area (Å²) in [6, 6.07) is 3.38. The Morgan fingerprint density at radius 1 is 1.47 bits per heavy atom. The van der Waals surface area contributed by atoms with E-state index in [2.05, 4.69) is 26.0 Å².